The summed E-state index contributed by atoms with van der Waals surface area (Å²) in [7, 11) is 0. The maximum Gasteiger partial charge on any atom is 0.169 e. The first-order chi connectivity index (χ1) is 18.4. The van der Waals surface area contributed by atoms with E-state index < -0.39 is 0 Å². The van der Waals surface area contributed by atoms with Gasteiger partial charge in [-0.2, -0.15) is 0 Å². The van der Waals surface area contributed by atoms with Gasteiger partial charge in [0.15, 0.2) is 24.8 Å². The quantitative estimate of drug-likeness (QED) is 0.231. The Balaban J connectivity index is 0.00000760. The fraction of sp³-hybridized carbons (Fsp3) is 0.222. The molecule has 0 fully saturated rings. The average molecular weight is 585 g/mol. The van der Waals surface area contributed by atoms with Gasteiger partial charge in [0.1, 0.15) is 13.1 Å². The van der Waals surface area contributed by atoms with Crippen LogP contribution in [0.2, 0.25) is 0 Å². The Kier molecular flexibility index (Phi) is 16.7. The zero-order valence-electron chi connectivity index (χ0n) is 24.4. The molecule has 0 aliphatic heterocycles. The maximum atomic E-state index is 2.16. The van der Waals surface area contributed by atoms with Gasteiger partial charge in [0, 0.05) is 24.3 Å². The molecule has 0 saturated heterocycles. The van der Waals surface area contributed by atoms with E-state index >= 15 is 0 Å². The molecular formula is C36H44BrN2+. The van der Waals surface area contributed by atoms with Crippen molar-refractivity contribution in [2.24, 2.45) is 0 Å². The normalized spacial score (nSPS) is 14.0. The van der Waals surface area contributed by atoms with E-state index in [9.17, 15) is 0 Å². The van der Waals surface area contributed by atoms with Crippen LogP contribution in [0.25, 0.3) is 12.2 Å². The van der Waals surface area contributed by atoms with E-state index in [0.29, 0.717) is 0 Å². The van der Waals surface area contributed by atoms with Gasteiger partial charge >= 0.3 is 0 Å². The van der Waals surface area contributed by atoms with Gasteiger partial charge in [0.2, 0.25) is 0 Å². The van der Waals surface area contributed by atoms with Crippen LogP contribution >= 0.6 is 0 Å². The highest BCUT2D eigenvalue weighted by Crippen LogP contribution is 2.06. The minimum absolute atomic E-state index is 0. The molecule has 39 heavy (non-hydrogen) atoms. The summed E-state index contributed by atoms with van der Waals surface area (Å²) in [6.07, 6.45) is 38.1. The Morgan fingerprint density at radius 2 is 0.821 bits per heavy atom. The fourth-order valence-corrected chi connectivity index (χ4v) is 3.38. The van der Waals surface area contributed by atoms with Gasteiger partial charge in [-0.15, -0.1) is 0 Å². The number of rotatable bonds is 12. The molecule has 3 heteroatoms. The highest BCUT2D eigenvalue weighted by atomic mass is 79.9. The second-order valence-electron chi connectivity index (χ2n) is 9.34. The lowest BCUT2D eigenvalue weighted by atomic mass is 10.1. The highest BCUT2D eigenvalue weighted by molar-refractivity contribution is 5.52. The van der Waals surface area contributed by atoms with Gasteiger partial charge in [0.05, 0.1) is 0 Å². The molecule has 0 atom stereocenters. The Morgan fingerprint density at radius 1 is 0.513 bits per heavy atom. The van der Waals surface area contributed by atoms with Gasteiger partial charge in [0.25, 0.3) is 0 Å². The molecular weight excluding hydrogens is 540 g/mol. The van der Waals surface area contributed by atoms with Crippen molar-refractivity contribution in [3.05, 3.63) is 155 Å². The summed E-state index contributed by atoms with van der Waals surface area (Å²) in [6.45, 7) is 14.7. The molecule has 2 rings (SSSR count). The topological polar surface area (TPSA) is 7.76 Å². The number of hydrogen-bond acceptors (Lipinski definition) is 0. The third-order valence-electron chi connectivity index (χ3n) is 5.91. The van der Waals surface area contributed by atoms with Crippen LogP contribution in [0.4, 0.5) is 0 Å². The van der Waals surface area contributed by atoms with E-state index in [1.165, 1.54) is 33.4 Å². The van der Waals surface area contributed by atoms with Crippen LogP contribution in [0.1, 0.15) is 52.7 Å². The summed E-state index contributed by atoms with van der Waals surface area (Å²) >= 11 is 0. The van der Waals surface area contributed by atoms with Gasteiger partial charge in [-0.05, 0) is 52.7 Å². The van der Waals surface area contributed by atoms with Gasteiger partial charge < -0.3 is 17.0 Å². The summed E-state index contributed by atoms with van der Waals surface area (Å²) in [5.41, 5.74) is 7.26. The van der Waals surface area contributed by atoms with Crippen LogP contribution in [0.3, 0.4) is 0 Å². The molecule has 2 heterocycles. The fourth-order valence-electron chi connectivity index (χ4n) is 3.38. The van der Waals surface area contributed by atoms with Gasteiger partial charge in [-0.3, -0.25) is 0 Å². The average Bonchev–Trinajstić information content (AvgIpc) is 2.93. The van der Waals surface area contributed by atoms with E-state index in [-0.39, 0.29) is 17.0 Å². The number of pyridine rings is 2. The van der Waals surface area contributed by atoms with E-state index in [1.54, 1.807) is 0 Å². The van der Waals surface area contributed by atoms with Crippen molar-refractivity contribution >= 4 is 12.2 Å². The standard InChI is InChI=1S/C36H44N2.BrH/c1-7-37-27-23-35(24-28-37)21-19-33(5)17-11-15-31(3)13-9-10-14-32(4)16-12-18-34(6)20-22-36-25-29-38(8-2)30-26-36;/h9-30H,7-8H2,1-6H3;1H/q+2;/p-1/b10-9+,15-11+,16-12+,21-19+,22-20+,31-13+,32-14+,33-17+,34-18+;. The van der Waals surface area contributed by atoms with Crippen molar-refractivity contribution in [3.63, 3.8) is 0 Å². The van der Waals surface area contributed by atoms with Crippen LogP contribution in [0, 0.1) is 0 Å². The highest BCUT2D eigenvalue weighted by Gasteiger charge is 1.95. The number of allylic oxidation sites excluding steroid dienone is 16. The summed E-state index contributed by atoms with van der Waals surface area (Å²) < 4.78 is 4.32. The number of aromatic nitrogens is 2. The molecule has 0 unspecified atom stereocenters. The Morgan fingerprint density at radius 3 is 1.15 bits per heavy atom. The van der Waals surface area contributed by atoms with E-state index in [4.69, 9.17) is 0 Å². The molecule has 2 aromatic rings. The number of nitrogens with zero attached hydrogens (tertiary/aromatic N) is 2. The zero-order valence-corrected chi connectivity index (χ0v) is 26.0. The largest absolute Gasteiger partial charge is 1.00 e. The van der Waals surface area contributed by atoms with Crippen molar-refractivity contribution in [2.45, 2.75) is 54.6 Å². The molecule has 0 spiro atoms. The Hall–Kier alpha value is -3.56. The molecule has 0 aliphatic rings. The molecule has 0 amide bonds. The first kappa shape index (κ1) is 33.5. The molecule has 204 valence electrons. The van der Waals surface area contributed by atoms with Crippen LogP contribution in [-0.2, 0) is 13.1 Å². The Labute approximate surface area is 247 Å². The maximum absolute atomic E-state index is 2.16. The van der Waals surface area contributed by atoms with Crippen molar-refractivity contribution in [3.8, 4) is 0 Å². The second kappa shape index (κ2) is 19.5. The summed E-state index contributed by atoms with van der Waals surface area (Å²) in [5.74, 6) is 0. The number of aryl methyl sites for hydroxylation is 2. The van der Waals surface area contributed by atoms with E-state index in [2.05, 4.69) is 185 Å². The molecule has 0 N–H and O–H groups in total. The zero-order chi connectivity index (χ0) is 27.6. The lowest BCUT2D eigenvalue weighted by Crippen LogP contribution is -3.00. The first-order valence-corrected chi connectivity index (χ1v) is 13.5. The van der Waals surface area contributed by atoms with Crippen molar-refractivity contribution < 1.29 is 26.1 Å². The molecule has 0 aliphatic carbocycles. The van der Waals surface area contributed by atoms with Crippen molar-refractivity contribution in [2.75, 3.05) is 0 Å². The summed E-state index contributed by atoms with van der Waals surface area (Å²) in [5, 5.41) is 0. The lowest BCUT2D eigenvalue weighted by molar-refractivity contribution is -0.693. The minimum atomic E-state index is 0. The molecule has 2 nitrogen and oxygen atoms in total. The molecule has 0 bridgehead atoms. The predicted molar refractivity (Wildman–Crippen MR) is 165 cm³/mol. The monoisotopic (exact) mass is 583 g/mol. The predicted octanol–water partition coefficient (Wildman–Crippen LogP) is 5.49. The van der Waals surface area contributed by atoms with Crippen LogP contribution in [-0.4, -0.2) is 0 Å². The van der Waals surface area contributed by atoms with Gasteiger partial charge in [-0.25, -0.2) is 9.13 Å². The van der Waals surface area contributed by atoms with Crippen LogP contribution < -0.4 is 26.1 Å². The third kappa shape index (κ3) is 14.8. The van der Waals surface area contributed by atoms with Crippen molar-refractivity contribution in [1.82, 2.24) is 0 Å². The third-order valence-corrected chi connectivity index (χ3v) is 5.91. The van der Waals surface area contributed by atoms with Crippen LogP contribution in [0.15, 0.2) is 144 Å². The summed E-state index contributed by atoms with van der Waals surface area (Å²) in [6, 6.07) is 8.55. The van der Waals surface area contributed by atoms with Crippen LogP contribution in [0.5, 0.6) is 0 Å². The van der Waals surface area contributed by atoms with E-state index in [0.717, 1.165) is 13.1 Å². The first-order valence-electron chi connectivity index (χ1n) is 13.5. The molecule has 0 aromatic carbocycles. The van der Waals surface area contributed by atoms with Gasteiger partial charge in [-0.1, -0.05) is 107 Å². The second-order valence-corrected chi connectivity index (χ2v) is 9.34. The minimum Gasteiger partial charge on any atom is -1.00 e. The smallest absolute Gasteiger partial charge is 0.169 e. The molecule has 0 saturated carbocycles. The lowest BCUT2D eigenvalue weighted by Gasteiger charge is -1.94. The SMILES string of the molecule is CC[n+]1ccc(/C=C/C(C)=C/C=C/C(C)=C/C=C/C=C(C)/C=C/C=C(C)/C=C/c2cc[n+](CC)cc2)cc1.[Br-]. The van der Waals surface area contributed by atoms with Crippen molar-refractivity contribution in [1.29, 1.82) is 0 Å². The number of halogens is 1. The molecule has 0 radical (unpaired) electrons. The van der Waals surface area contributed by atoms with E-state index in [1.807, 2.05) is 0 Å². The Bertz CT molecular complexity index is 1180. The number of hydrogen-bond donors (Lipinski definition) is 0. The summed E-state index contributed by atoms with van der Waals surface area (Å²) in [4.78, 5) is 0. The molecule has 2 aromatic heterocycles.